The van der Waals surface area contributed by atoms with Crippen molar-refractivity contribution in [3.8, 4) is 17.2 Å². The normalized spacial score (nSPS) is 12.1. The molecule has 0 fully saturated rings. The summed E-state index contributed by atoms with van der Waals surface area (Å²) in [6.07, 6.45) is 0. The van der Waals surface area contributed by atoms with Crippen LogP contribution in [0.4, 0.5) is 0 Å². The average Bonchev–Trinajstić information content (AvgIpc) is 2.42. The maximum atomic E-state index is 5.90. The predicted octanol–water partition coefficient (Wildman–Crippen LogP) is 5.79. The summed E-state index contributed by atoms with van der Waals surface area (Å²) >= 11 is 10.4. The first-order valence-electron chi connectivity index (χ1n) is 6.18. The Morgan fingerprint density at radius 1 is 0.952 bits per heavy atom. The molecule has 0 amide bonds. The molecule has 1 atom stereocenters. The fraction of sp³-hybridized carbons (Fsp3) is 0.200. The molecule has 6 heteroatoms. The van der Waals surface area contributed by atoms with Gasteiger partial charge in [-0.1, -0.05) is 22.0 Å². The summed E-state index contributed by atoms with van der Waals surface area (Å²) in [7, 11) is 1.62. The molecule has 0 aromatic heterocycles. The average molecular weight is 480 g/mol. The van der Waals surface area contributed by atoms with Crippen LogP contribution in [0.3, 0.4) is 0 Å². The van der Waals surface area contributed by atoms with Gasteiger partial charge in [0, 0.05) is 10.5 Å². The highest BCUT2D eigenvalue weighted by molar-refractivity contribution is 9.11. The van der Waals surface area contributed by atoms with Crippen LogP contribution in [0, 0.1) is 0 Å². The Hall–Kier alpha value is -0.560. The van der Waals surface area contributed by atoms with Gasteiger partial charge in [0.15, 0.2) is 0 Å². The van der Waals surface area contributed by atoms with Crippen LogP contribution in [0.1, 0.15) is 18.5 Å². The fourth-order valence-electron chi connectivity index (χ4n) is 1.81. The van der Waals surface area contributed by atoms with Crippen LogP contribution < -0.4 is 15.2 Å². The Morgan fingerprint density at radius 3 is 2.14 bits per heavy atom. The van der Waals surface area contributed by atoms with E-state index >= 15 is 0 Å². The van der Waals surface area contributed by atoms with Crippen molar-refractivity contribution >= 4 is 47.8 Å². The van der Waals surface area contributed by atoms with Gasteiger partial charge in [-0.2, -0.15) is 0 Å². The van der Waals surface area contributed by atoms with Gasteiger partial charge in [0.2, 0.25) is 0 Å². The van der Waals surface area contributed by atoms with Crippen LogP contribution in [-0.4, -0.2) is 7.11 Å². The molecule has 0 aliphatic heterocycles. The molecule has 0 bridgehead atoms. The minimum Gasteiger partial charge on any atom is -0.496 e. The Morgan fingerprint density at radius 2 is 1.57 bits per heavy atom. The van der Waals surface area contributed by atoms with Crippen LogP contribution in [0.15, 0.2) is 43.7 Å². The summed E-state index contributed by atoms with van der Waals surface area (Å²) in [4.78, 5) is 0. The number of methoxy groups -OCH3 is 1. The summed E-state index contributed by atoms with van der Waals surface area (Å²) < 4.78 is 13.7. The molecular weight excluding hydrogens is 466 g/mol. The minimum atomic E-state index is -0.0321. The van der Waals surface area contributed by atoms with Gasteiger partial charge in [-0.05, 0) is 68.6 Å². The second kappa shape index (κ2) is 7.13. The number of rotatable bonds is 4. The number of ether oxygens (including phenoxy) is 2. The number of halogens is 3. The van der Waals surface area contributed by atoms with Gasteiger partial charge in [-0.25, -0.2) is 0 Å². The van der Waals surface area contributed by atoms with E-state index in [-0.39, 0.29) is 6.04 Å². The zero-order valence-electron chi connectivity index (χ0n) is 11.5. The lowest BCUT2D eigenvalue weighted by Crippen LogP contribution is -2.05. The lowest BCUT2D eigenvalue weighted by atomic mass is 10.1. The first kappa shape index (κ1) is 16.8. The van der Waals surface area contributed by atoms with E-state index in [0.29, 0.717) is 5.75 Å². The number of benzene rings is 2. The molecule has 3 nitrogen and oxygen atoms in total. The Balaban J connectivity index is 2.30. The van der Waals surface area contributed by atoms with Crippen molar-refractivity contribution in [2.45, 2.75) is 13.0 Å². The van der Waals surface area contributed by atoms with Crippen molar-refractivity contribution in [2.75, 3.05) is 7.11 Å². The van der Waals surface area contributed by atoms with E-state index in [1.165, 1.54) is 0 Å². The third-order valence-electron chi connectivity index (χ3n) is 2.90. The Labute approximate surface area is 149 Å². The van der Waals surface area contributed by atoms with Gasteiger partial charge in [0.1, 0.15) is 17.2 Å². The molecule has 21 heavy (non-hydrogen) atoms. The molecule has 0 aliphatic carbocycles. The SMILES string of the molecule is COc1cc(Br)c(Oc2ccc(C(C)N)c(Br)c2)cc1Br. The molecule has 0 spiro atoms. The molecule has 0 saturated carbocycles. The van der Waals surface area contributed by atoms with E-state index in [0.717, 1.165) is 30.5 Å². The highest BCUT2D eigenvalue weighted by Gasteiger charge is 2.11. The zero-order valence-corrected chi connectivity index (χ0v) is 16.2. The third-order valence-corrected chi connectivity index (χ3v) is 4.82. The van der Waals surface area contributed by atoms with E-state index in [1.807, 2.05) is 37.3 Å². The quantitative estimate of drug-likeness (QED) is 0.603. The smallest absolute Gasteiger partial charge is 0.143 e. The first-order chi connectivity index (χ1) is 9.92. The maximum Gasteiger partial charge on any atom is 0.143 e. The molecule has 2 N–H and O–H groups in total. The molecule has 0 saturated heterocycles. The zero-order chi connectivity index (χ0) is 15.6. The van der Waals surface area contributed by atoms with Crippen molar-refractivity contribution in [2.24, 2.45) is 5.73 Å². The monoisotopic (exact) mass is 477 g/mol. The molecule has 0 radical (unpaired) electrons. The maximum absolute atomic E-state index is 5.90. The lowest BCUT2D eigenvalue weighted by Gasteiger charge is -2.13. The van der Waals surface area contributed by atoms with E-state index < -0.39 is 0 Å². The molecule has 2 rings (SSSR count). The molecule has 0 heterocycles. The second-order valence-corrected chi connectivity index (χ2v) is 7.05. The van der Waals surface area contributed by atoms with E-state index in [4.69, 9.17) is 15.2 Å². The summed E-state index contributed by atoms with van der Waals surface area (Å²) in [5, 5.41) is 0. The molecule has 2 aromatic carbocycles. The summed E-state index contributed by atoms with van der Waals surface area (Å²) in [6, 6.07) is 9.44. The lowest BCUT2D eigenvalue weighted by molar-refractivity contribution is 0.409. The molecule has 1 unspecified atom stereocenters. The van der Waals surface area contributed by atoms with Crippen molar-refractivity contribution in [3.05, 3.63) is 49.3 Å². The summed E-state index contributed by atoms with van der Waals surface area (Å²) in [6.45, 7) is 1.94. The van der Waals surface area contributed by atoms with Crippen LogP contribution in [0.5, 0.6) is 17.2 Å². The topological polar surface area (TPSA) is 44.5 Å². The molecule has 2 aromatic rings. The summed E-state index contributed by atoms with van der Waals surface area (Å²) in [5.41, 5.74) is 6.93. The second-order valence-electron chi connectivity index (χ2n) is 4.49. The van der Waals surface area contributed by atoms with E-state index in [1.54, 1.807) is 7.11 Å². The standard InChI is InChI=1S/C15H14Br3NO2/c1-8(19)10-4-3-9(5-11(10)16)21-15-7-12(17)14(20-2)6-13(15)18/h3-8H,19H2,1-2H3. The van der Waals surface area contributed by atoms with Crippen molar-refractivity contribution < 1.29 is 9.47 Å². The molecule has 0 aliphatic rings. The first-order valence-corrected chi connectivity index (χ1v) is 8.56. The van der Waals surface area contributed by atoms with Crippen LogP contribution in [0.25, 0.3) is 0 Å². The van der Waals surface area contributed by atoms with E-state index in [2.05, 4.69) is 47.8 Å². The number of hydrogen-bond acceptors (Lipinski definition) is 3. The third kappa shape index (κ3) is 4.00. The highest BCUT2D eigenvalue weighted by Crippen LogP contribution is 2.39. The van der Waals surface area contributed by atoms with Gasteiger partial charge < -0.3 is 15.2 Å². The van der Waals surface area contributed by atoms with Crippen LogP contribution in [0.2, 0.25) is 0 Å². The van der Waals surface area contributed by atoms with Gasteiger partial charge in [-0.3, -0.25) is 0 Å². The van der Waals surface area contributed by atoms with Gasteiger partial charge in [0.05, 0.1) is 16.1 Å². The van der Waals surface area contributed by atoms with Crippen LogP contribution in [-0.2, 0) is 0 Å². The fourth-order valence-corrected chi connectivity index (χ4v) is 3.42. The number of nitrogens with two attached hydrogens (primary N) is 1. The Bertz CT molecular complexity index is 660. The van der Waals surface area contributed by atoms with Crippen molar-refractivity contribution in [1.29, 1.82) is 0 Å². The van der Waals surface area contributed by atoms with Gasteiger partial charge in [0.25, 0.3) is 0 Å². The van der Waals surface area contributed by atoms with Gasteiger partial charge >= 0.3 is 0 Å². The van der Waals surface area contributed by atoms with Crippen LogP contribution >= 0.6 is 47.8 Å². The molecular formula is C15H14Br3NO2. The summed E-state index contributed by atoms with van der Waals surface area (Å²) in [5.74, 6) is 2.16. The molecule has 112 valence electrons. The van der Waals surface area contributed by atoms with Gasteiger partial charge in [-0.15, -0.1) is 0 Å². The van der Waals surface area contributed by atoms with Crippen molar-refractivity contribution in [1.82, 2.24) is 0 Å². The minimum absolute atomic E-state index is 0.0321. The predicted molar refractivity (Wildman–Crippen MR) is 95.2 cm³/mol. The van der Waals surface area contributed by atoms with E-state index in [9.17, 15) is 0 Å². The largest absolute Gasteiger partial charge is 0.496 e. The highest BCUT2D eigenvalue weighted by atomic mass is 79.9. The number of hydrogen-bond donors (Lipinski definition) is 1. The Kier molecular flexibility index (Phi) is 5.71. The van der Waals surface area contributed by atoms with Crippen molar-refractivity contribution in [3.63, 3.8) is 0 Å².